The minimum absolute atomic E-state index is 0.381. The minimum atomic E-state index is -0.388. The van der Waals surface area contributed by atoms with Gasteiger partial charge < -0.3 is 13.9 Å². The molecule has 6 nitrogen and oxygen atoms in total. The van der Waals surface area contributed by atoms with Crippen LogP contribution >= 0.6 is 0 Å². The topological polar surface area (TPSA) is 74.5 Å². The van der Waals surface area contributed by atoms with Crippen molar-refractivity contribution < 1.29 is 13.9 Å². The van der Waals surface area contributed by atoms with E-state index in [9.17, 15) is 4.79 Å². The summed E-state index contributed by atoms with van der Waals surface area (Å²) in [6.07, 6.45) is 3.18. The van der Waals surface area contributed by atoms with Crippen LogP contribution in [0.3, 0.4) is 0 Å². The second kappa shape index (κ2) is 9.43. The van der Waals surface area contributed by atoms with Gasteiger partial charge in [-0.3, -0.25) is 0 Å². The van der Waals surface area contributed by atoms with Crippen LogP contribution in [0.2, 0.25) is 0 Å². The van der Waals surface area contributed by atoms with E-state index in [2.05, 4.69) is 9.97 Å². The van der Waals surface area contributed by atoms with Crippen LogP contribution in [0, 0.1) is 13.8 Å². The molecule has 0 amide bonds. The van der Waals surface area contributed by atoms with Crippen molar-refractivity contribution in [1.82, 2.24) is 9.97 Å². The molecule has 0 saturated heterocycles. The Bertz CT molecular complexity index is 1580. The quantitative estimate of drug-likeness (QED) is 0.301. The van der Waals surface area contributed by atoms with Gasteiger partial charge in [-0.15, -0.1) is 0 Å². The zero-order valence-corrected chi connectivity index (χ0v) is 19.7. The van der Waals surface area contributed by atoms with Crippen molar-refractivity contribution in [3.63, 3.8) is 0 Å². The van der Waals surface area contributed by atoms with Crippen molar-refractivity contribution in [2.75, 3.05) is 7.11 Å². The first-order valence-electron chi connectivity index (χ1n) is 11.2. The molecule has 0 unspecified atom stereocenters. The summed E-state index contributed by atoms with van der Waals surface area (Å²) in [6.45, 7) is 4.27. The maximum absolute atomic E-state index is 12.8. The monoisotopic (exact) mass is 464 g/mol. The van der Waals surface area contributed by atoms with Crippen LogP contribution < -0.4 is 15.1 Å². The molecule has 0 aliphatic rings. The zero-order valence-electron chi connectivity index (χ0n) is 19.7. The largest absolute Gasteiger partial charge is 0.496 e. The Morgan fingerprint density at radius 3 is 2.57 bits per heavy atom. The Hall–Kier alpha value is -4.45. The summed E-state index contributed by atoms with van der Waals surface area (Å²) in [5, 5.41) is 1.36. The van der Waals surface area contributed by atoms with Gasteiger partial charge in [0.1, 0.15) is 24.4 Å². The molecule has 2 heterocycles. The highest BCUT2D eigenvalue weighted by molar-refractivity contribution is 5.87. The third-order valence-corrected chi connectivity index (χ3v) is 5.87. The maximum atomic E-state index is 12.8. The predicted octanol–water partition coefficient (Wildman–Crippen LogP) is 6.12. The second-order valence-electron chi connectivity index (χ2n) is 8.38. The number of fused-ring (bicyclic) bond motifs is 1. The van der Waals surface area contributed by atoms with Crippen molar-refractivity contribution >= 4 is 10.8 Å². The van der Waals surface area contributed by atoms with Crippen LogP contribution in [0.15, 0.2) is 88.5 Å². The molecule has 0 aliphatic heterocycles. The van der Waals surface area contributed by atoms with Gasteiger partial charge >= 0.3 is 5.63 Å². The zero-order chi connectivity index (χ0) is 24.4. The molecule has 0 aliphatic carbocycles. The van der Waals surface area contributed by atoms with E-state index in [1.165, 1.54) is 6.33 Å². The Morgan fingerprint density at radius 2 is 1.77 bits per heavy atom. The maximum Gasteiger partial charge on any atom is 0.344 e. The molecule has 0 saturated carbocycles. The van der Waals surface area contributed by atoms with E-state index in [1.807, 2.05) is 80.6 Å². The molecule has 0 N–H and O–H groups in total. The molecule has 0 fully saturated rings. The van der Waals surface area contributed by atoms with E-state index in [4.69, 9.17) is 13.9 Å². The number of rotatable bonds is 6. The number of hydrogen-bond acceptors (Lipinski definition) is 6. The molecule has 5 aromatic rings. The van der Waals surface area contributed by atoms with E-state index in [1.54, 1.807) is 13.3 Å². The molecular formula is C29H24N2O4. The van der Waals surface area contributed by atoms with Gasteiger partial charge in [-0.25, -0.2) is 14.8 Å². The molecule has 2 aromatic heterocycles. The molecule has 0 radical (unpaired) electrons. The van der Waals surface area contributed by atoms with Crippen molar-refractivity contribution in [3.8, 4) is 34.1 Å². The molecule has 3 aromatic carbocycles. The fourth-order valence-corrected chi connectivity index (χ4v) is 4.17. The summed E-state index contributed by atoms with van der Waals surface area (Å²) in [7, 11) is 1.61. The Balaban J connectivity index is 1.61. The van der Waals surface area contributed by atoms with Crippen LogP contribution in [-0.2, 0) is 6.61 Å². The van der Waals surface area contributed by atoms with E-state index < -0.39 is 0 Å². The molecule has 0 spiro atoms. The first-order chi connectivity index (χ1) is 17.0. The number of nitrogens with zero attached hydrogens (tertiary/aromatic N) is 2. The molecule has 174 valence electrons. The lowest BCUT2D eigenvalue weighted by Crippen LogP contribution is -2.02. The molecule has 35 heavy (non-hydrogen) atoms. The number of hydrogen-bond donors (Lipinski definition) is 0. The van der Waals surface area contributed by atoms with Gasteiger partial charge in [0.25, 0.3) is 0 Å². The Morgan fingerprint density at radius 1 is 0.943 bits per heavy atom. The number of aromatic nitrogens is 2. The summed E-state index contributed by atoms with van der Waals surface area (Å²) < 4.78 is 17.5. The second-order valence-corrected chi connectivity index (χ2v) is 8.38. The van der Waals surface area contributed by atoms with Crippen LogP contribution in [0.4, 0.5) is 0 Å². The SMILES string of the molecule is COc1c(C)cc(-c2cncnc2OCc2ccccc2)cc1-c1cc2ccc(C)cc2c(=O)o1. The normalized spacial score (nSPS) is 10.9. The lowest BCUT2D eigenvalue weighted by molar-refractivity contribution is 0.294. The molecule has 5 rings (SSSR count). The van der Waals surface area contributed by atoms with Gasteiger partial charge in [0.15, 0.2) is 0 Å². The van der Waals surface area contributed by atoms with E-state index >= 15 is 0 Å². The highest BCUT2D eigenvalue weighted by Gasteiger charge is 2.18. The average molecular weight is 465 g/mol. The molecule has 0 bridgehead atoms. The highest BCUT2D eigenvalue weighted by Crippen LogP contribution is 2.39. The standard InChI is InChI=1S/C29H24N2O4/c1-18-9-10-21-14-26(35-29(32)23(21)11-18)24-13-22(12-19(2)27(24)33-3)25-15-30-17-31-28(25)34-16-20-7-5-4-6-8-20/h4-15,17H,16H2,1-3H3. The first kappa shape index (κ1) is 22.3. The van der Waals surface area contributed by atoms with Gasteiger partial charge in [0, 0.05) is 6.20 Å². The van der Waals surface area contributed by atoms with Gasteiger partial charge in [0.2, 0.25) is 5.88 Å². The third kappa shape index (κ3) is 4.51. The predicted molar refractivity (Wildman–Crippen MR) is 136 cm³/mol. The van der Waals surface area contributed by atoms with Crippen LogP contribution in [0.25, 0.3) is 33.2 Å². The van der Waals surface area contributed by atoms with Gasteiger partial charge in [0.05, 0.1) is 23.6 Å². The van der Waals surface area contributed by atoms with E-state index in [0.29, 0.717) is 34.9 Å². The summed E-state index contributed by atoms with van der Waals surface area (Å²) in [5.41, 5.74) is 4.76. The first-order valence-corrected chi connectivity index (χ1v) is 11.2. The summed E-state index contributed by atoms with van der Waals surface area (Å²) >= 11 is 0. The molecule has 0 atom stereocenters. The van der Waals surface area contributed by atoms with Crippen LogP contribution in [-0.4, -0.2) is 17.1 Å². The number of methoxy groups -OCH3 is 1. The third-order valence-electron chi connectivity index (χ3n) is 5.87. The number of ether oxygens (including phenoxy) is 2. The number of aryl methyl sites for hydroxylation is 2. The van der Waals surface area contributed by atoms with Crippen molar-refractivity contribution in [2.24, 2.45) is 0 Å². The molecule has 6 heteroatoms. The average Bonchev–Trinajstić information content (AvgIpc) is 2.88. The fourth-order valence-electron chi connectivity index (χ4n) is 4.17. The minimum Gasteiger partial charge on any atom is -0.496 e. The fraction of sp³-hybridized carbons (Fsp3) is 0.138. The smallest absolute Gasteiger partial charge is 0.344 e. The summed E-state index contributed by atoms with van der Waals surface area (Å²) in [4.78, 5) is 21.4. The van der Waals surface area contributed by atoms with Gasteiger partial charge in [-0.2, -0.15) is 0 Å². The van der Waals surface area contributed by atoms with Crippen molar-refractivity contribution in [1.29, 1.82) is 0 Å². The van der Waals surface area contributed by atoms with Crippen LogP contribution in [0.5, 0.6) is 11.6 Å². The highest BCUT2D eigenvalue weighted by atomic mass is 16.5. The summed E-state index contributed by atoms with van der Waals surface area (Å²) in [6, 6.07) is 21.4. The van der Waals surface area contributed by atoms with E-state index in [0.717, 1.165) is 33.2 Å². The molecular weight excluding hydrogens is 440 g/mol. The van der Waals surface area contributed by atoms with Crippen molar-refractivity contribution in [3.05, 3.63) is 106 Å². The Kier molecular flexibility index (Phi) is 6.02. The lowest BCUT2D eigenvalue weighted by Gasteiger charge is -2.15. The van der Waals surface area contributed by atoms with Crippen LogP contribution in [0.1, 0.15) is 16.7 Å². The van der Waals surface area contributed by atoms with Gasteiger partial charge in [-0.05, 0) is 60.2 Å². The van der Waals surface area contributed by atoms with Crippen molar-refractivity contribution in [2.45, 2.75) is 20.5 Å². The number of benzene rings is 3. The Labute approximate surface area is 202 Å². The summed E-state index contributed by atoms with van der Waals surface area (Å²) in [5.74, 6) is 1.53. The van der Waals surface area contributed by atoms with E-state index in [-0.39, 0.29) is 5.63 Å². The van der Waals surface area contributed by atoms with Gasteiger partial charge in [-0.1, -0.05) is 48.0 Å². The lowest BCUT2D eigenvalue weighted by atomic mass is 9.98.